The van der Waals surface area contributed by atoms with E-state index in [-0.39, 0.29) is 0 Å². The van der Waals surface area contributed by atoms with Crippen molar-refractivity contribution in [3.8, 4) is 0 Å². The summed E-state index contributed by atoms with van der Waals surface area (Å²) < 4.78 is 0. The number of hydrogen-bond acceptors (Lipinski definition) is 2. The normalized spacial score (nSPS) is 19.0. The molecule has 4 rings (SSSR count). The number of fused-ring (bicyclic) bond motifs is 1. The molecule has 0 spiro atoms. The molecule has 0 amide bonds. The average molecular weight is 319 g/mol. The lowest BCUT2D eigenvalue weighted by Gasteiger charge is -2.33. The van der Waals surface area contributed by atoms with Gasteiger partial charge < -0.3 is 0 Å². The lowest BCUT2D eigenvalue weighted by atomic mass is 9.90. The molecule has 1 aliphatic rings. The number of hydrogen-bond donors (Lipinski definition) is 1. The third-order valence-electron chi connectivity index (χ3n) is 5.16. The van der Waals surface area contributed by atoms with Crippen LogP contribution in [-0.4, -0.2) is 28.2 Å². The van der Waals surface area contributed by atoms with Crippen molar-refractivity contribution < 1.29 is 0 Å². The minimum atomic E-state index is 0.758. The number of H-pyrrole nitrogens is 1. The topological polar surface area (TPSA) is 31.9 Å². The lowest BCUT2D eigenvalue weighted by Crippen LogP contribution is -2.35. The fraction of sp³-hybridized carbons (Fsp3) is 0.381. The number of likely N-dealkylation sites (tertiary alicyclic amines) is 1. The van der Waals surface area contributed by atoms with Crippen LogP contribution in [0.5, 0.6) is 0 Å². The molecule has 0 unspecified atom stereocenters. The summed E-state index contributed by atoms with van der Waals surface area (Å²) in [6.07, 6.45) is 5.74. The molecule has 1 fully saturated rings. The first-order chi connectivity index (χ1) is 11.8. The van der Waals surface area contributed by atoms with Crippen molar-refractivity contribution in [2.45, 2.75) is 32.7 Å². The van der Waals surface area contributed by atoms with E-state index >= 15 is 0 Å². The SMILES string of the molecule is Cc1ccc(CN2CCC[C@H](Cc3ccc4[nH]ncc4c3)C2)cc1. The average Bonchev–Trinajstić information content (AvgIpc) is 3.05. The number of aromatic nitrogens is 2. The van der Waals surface area contributed by atoms with E-state index in [2.05, 4.69) is 64.5 Å². The van der Waals surface area contributed by atoms with Crippen molar-refractivity contribution >= 4 is 10.9 Å². The fourth-order valence-corrected chi connectivity index (χ4v) is 3.87. The molecule has 0 saturated carbocycles. The molecule has 0 bridgehead atoms. The van der Waals surface area contributed by atoms with Gasteiger partial charge in [0.25, 0.3) is 0 Å². The van der Waals surface area contributed by atoms with Gasteiger partial charge in [-0.15, -0.1) is 0 Å². The highest BCUT2D eigenvalue weighted by Gasteiger charge is 2.20. The van der Waals surface area contributed by atoms with Crippen molar-refractivity contribution in [3.63, 3.8) is 0 Å². The summed E-state index contributed by atoms with van der Waals surface area (Å²) in [5, 5.41) is 8.37. The highest BCUT2D eigenvalue weighted by Crippen LogP contribution is 2.24. The molecule has 124 valence electrons. The zero-order valence-corrected chi connectivity index (χ0v) is 14.3. The molecule has 3 aromatic rings. The predicted octanol–water partition coefficient (Wildman–Crippen LogP) is 4.33. The van der Waals surface area contributed by atoms with Crippen molar-refractivity contribution in [2.24, 2.45) is 5.92 Å². The zero-order valence-electron chi connectivity index (χ0n) is 14.3. The zero-order chi connectivity index (χ0) is 16.4. The molecule has 1 N–H and O–H groups in total. The first-order valence-corrected chi connectivity index (χ1v) is 8.96. The Bertz CT molecular complexity index is 803. The molecule has 0 aliphatic carbocycles. The Morgan fingerprint density at radius 1 is 1.12 bits per heavy atom. The van der Waals surface area contributed by atoms with Gasteiger partial charge in [0.05, 0.1) is 11.7 Å². The maximum atomic E-state index is 4.12. The minimum Gasteiger partial charge on any atom is -0.299 e. The highest BCUT2D eigenvalue weighted by atomic mass is 15.1. The number of piperidine rings is 1. The van der Waals surface area contributed by atoms with Gasteiger partial charge in [-0.2, -0.15) is 5.10 Å². The summed E-state index contributed by atoms with van der Waals surface area (Å²) in [4.78, 5) is 2.62. The second-order valence-electron chi connectivity index (χ2n) is 7.22. The van der Waals surface area contributed by atoms with Crippen LogP contribution in [-0.2, 0) is 13.0 Å². The summed E-state index contributed by atoms with van der Waals surface area (Å²) in [6, 6.07) is 15.7. The van der Waals surface area contributed by atoms with E-state index < -0.39 is 0 Å². The number of nitrogens with zero attached hydrogens (tertiary/aromatic N) is 2. The van der Waals surface area contributed by atoms with Crippen LogP contribution in [0.3, 0.4) is 0 Å². The number of benzene rings is 2. The van der Waals surface area contributed by atoms with Gasteiger partial charge in [-0.3, -0.25) is 10.00 Å². The fourth-order valence-electron chi connectivity index (χ4n) is 3.87. The monoisotopic (exact) mass is 319 g/mol. The Morgan fingerprint density at radius 2 is 1.96 bits per heavy atom. The third-order valence-corrected chi connectivity index (χ3v) is 5.16. The van der Waals surface area contributed by atoms with Crippen LogP contribution < -0.4 is 0 Å². The van der Waals surface area contributed by atoms with Gasteiger partial charge in [0.15, 0.2) is 0 Å². The van der Waals surface area contributed by atoms with Crippen LogP contribution in [0.2, 0.25) is 0 Å². The molecule has 3 heteroatoms. The van der Waals surface area contributed by atoms with Gasteiger partial charge in [0.1, 0.15) is 0 Å². The molecule has 2 aromatic carbocycles. The van der Waals surface area contributed by atoms with Crippen LogP contribution in [0.1, 0.15) is 29.5 Å². The van der Waals surface area contributed by atoms with E-state index in [4.69, 9.17) is 0 Å². The van der Waals surface area contributed by atoms with Gasteiger partial charge in [-0.1, -0.05) is 35.9 Å². The van der Waals surface area contributed by atoms with Crippen LogP contribution in [0.4, 0.5) is 0 Å². The minimum absolute atomic E-state index is 0.758. The molecule has 2 heterocycles. The quantitative estimate of drug-likeness (QED) is 0.776. The highest BCUT2D eigenvalue weighted by molar-refractivity contribution is 5.78. The summed E-state index contributed by atoms with van der Waals surface area (Å²) in [6.45, 7) is 5.66. The van der Waals surface area contributed by atoms with E-state index in [0.29, 0.717) is 0 Å². The summed E-state index contributed by atoms with van der Waals surface area (Å²) in [7, 11) is 0. The smallest absolute Gasteiger partial charge is 0.0650 e. The Kier molecular flexibility index (Phi) is 4.35. The standard InChI is InChI=1S/C21H25N3/c1-16-4-6-17(7-5-16)14-24-10-2-3-19(15-24)11-18-8-9-21-20(12-18)13-22-23-21/h4-9,12-13,19H,2-3,10-11,14-15H2,1H3,(H,22,23)/t19-/m1/s1. The number of nitrogens with one attached hydrogen (secondary N) is 1. The second kappa shape index (κ2) is 6.78. The molecular formula is C21H25N3. The Labute approximate surface area is 143 Å². The van der Waals surface area contributed by atoms with Crippen molar-refractivity contribution in [1.29, 1.82) is 0 Å². The van der Waals surface area contributed by atoms with E-state index in [1.807, 2.05) is 6.20 Å². The van der Waals surface area contributed by atoms with E-state index in [9.17, 15) is 0 Å². The third kappa shape index (κ3) is 3.51. The maximum Gasteiger partial charge on any atom is 0.0650 e. The second-order valence-corrected chi connectivity index (χ2v) is 7.22. The molecule has 24 heavy (non-hydrogen) atoms. The summed E-state index contributed by atoms with van der Waals surface area (Å²) >= 11 is 0. The largest absolute Gasteiger partial charge is 0.299 e. The van der Waals surface area contributed by atoms with Gasteiger partial charge in [-0.25, -0.2) is 0 Å². The molecule has 0 radical (unpaired) electrons. The lowest BCUT2D eigenvalue weighted by molar-refractivity contribution is 0.167. The van der Waals surface area contributed by atoms with Crippen LogP contribution in [0.15, 0.2) is 48.7 Å². The summed E-state index contributed by atoms with van der Waals surface area (Å²) in [5.74, 6) is 0.758. The Balaban J connectivity index is 1.39. The Morgan fingerprint density at radius 3 is 2.83 bits per heavy atom. The van der Waals surface area contributed by atoms with E-state index in [1.165, 1.54) is 54.4 Å². The molecule has 1 atom stereocenters. The Hall–Kier alpha value is -2.13. The van der Waals surface area contributed by atoms with Gasteiger partial charge >= 0.3 is 0 Å². The van der Waals surface area contributed by atoms with Gasteiger partial charge in [-0.05, 0) is 61.9 Å². The van der Waals surface area contributed by atoms with Crippen LogP contribution in [0.25, 0.3) is 10.9 Å². The van der Waals surface area contributed by atoms with E-state index in [1.54, 1.807) is 0 Å². The maximum absolute atomic E-state index is 4.12. The molecule has 1 aromatic heterocycles. The van der Waals surface area contributed by atoms with Crippen molar-refractivity contribution in [2.75, 3.05) is 13.1 Å². The molecular weight excluding hydrogens is 294 g/mol. The molecule has 1 saturated heterocycles. The molecule has 3 nitrogen and oxygen atoms in total. The van der Waals surface area contributed by atoms with E-state index in [0.717, 1.165) is 18.0 Å². The van der Waals surface area contributed by atoms with Crippen LogP contribution >= 0.6 is 0 Å². The summed E-state index contributed by atoms with van der Waals surface area (Å²) in [5.41, 5.74) is 5.33. The molecule has 1 aliphatic heterocycles. The number of aromatic amines is 1. The first-order valence-electron chi connectivity index (χ1n) is 8.96. The van der Waals surface area contributed by atoms with Gasteiger partial charge in [0, 0.05) is 18.5 Å². The van der Waals surface area contributed by atoms with Crippen LogP contribution in [0, 0.1) is 12.8 Å². The van der Waals surface area contributed by atoms with Gasteiger partial charge in [0.2, 0.25) is 0 Å². The number of aryl methyl sites for hydroxylation is 1. The predicted molar refractivity (Wildman–Crippen MR) is 99.0 cm³/mol. The van der Waals surface area contributed by atoms with Crippen molar-refractivity contribution in [3.05, 3.63) is 65.4 Å². The number of rotatable bonds is 4. The first kappa shape index (κ1) is 15.4. The van der Waals surface area contributed by atoms with Crippen molar-refractivity contribution in [1.82, 2.24) is 15.1 Å².